The summed E-state index contributed by atoms with van der Waals surface area (Å²) in [4.78, 5) is 22.2. The van der Waals surface area contributed by atoms with E-state index in [1.807, 2.05) is 0 Å². The lowest BCUT2D eigenvalue weighted by Gasteiger charge is -2.02. The molecule has 0 aliphatic carbocycles. The minimum Gasteiger partial charge on any atom is -0.454 e. The first kappa shape index (κ1) is 10.2. The summed E-state index contributed by atoms with van der Waals surface area (Å²) in [6.07, 6.45) is 3.10. The largest absolute Gasteiger partial charge is 0.454 e. The molecule has 1 fully saturated rings. The van der Waals surface area contributed by atoms with Crippen LogP contribution < -0.4 is 0 Å². The van der Waals surface area contributed by atoms with Crippen LogP contribution >= 0.6 is 0 Å². The van der Waals surface area contributed by atoms with Crippen LogP contribution in [0.5, 0.6) is 0 Å². The standard InChI is InChI=1S/C10H16O3/c1-3-4-5-8-6-9(7(2)11)13-10(8)12/h8-9H,3-6H2,1-2H3. The second-order valence-electron chi connectivity index (χ2n) is 3.61. The van der Waals surface area contributed by atoms with Crippen LogP contribution in [-0.4, -0.2) is 17.9 Å². The molecule has 0 bridgehead atoms. The van der Waals surface area contributed by atoms with Crippen LogP contribution in [-0.2, 0) is 14.3 Å². The van der Waals surface area contributed by atoms with Crippen molar-refractivity contribution >= 4 is 11.8 Å². The summed E-state index contributed by atoms with van der Waals surface area (Å²) < 4.78 is 4.94. The van der Waals surface area contributed by atoms with Gasteiger partial charge in [-0.25, -0.2) is 0 Å². The van der Waals surface area contributed by atoms with Crippen LogP contribution in [0.1, 0.15) is 39.5 Å². The Morgan fingerprint density at radius 3 is 2.77 bits per heavy atom. The van der Waals surface area contributed by atoms with Crippen LogP contribution in [0.3, 0.4) is 0 Å². The molecule has 0 amide bonds. The Balaban J connectivity index is 2.42. The molecule has 2 unspecified atom stereocenters. The second-order valence-corrected chi connectivity index (χ2v) is 3.61. The molecule has 0 aromatic rings. The lowest BCUT2D eigenvalue weighted by atomic mass is 9.97. The van der Waals surface area contributed by atoms with Crippen molar-refractivity contribution in [3.05, 3.63) is 0 Å². The van der Waals surface area contributed by atoms with Crippen molar-refractivity contribution in [2.45, 2.75) is 45.6 Å². The quantitative estimate of drug-likeness (QED) is 0.624. The SMILES string of the molecule is CCCCC1CC(C(C)=O)OC1=O. The van der Waals surface area contributed by atoms with E-state index in [1.165, 1.54) is 6.92 Å². The number of esters is 1. The molecular formula is C10H16O3. The molecule has 74 valence electrons. The Hall–Kier alpha value is -0.860. The molecule has 0 aromatic heterocycles. The average molecular weight is 184 g/mol. The van der Waals surface area contributed by atoms with E-state index in [0.29, 0.717) is 6.42 Å². The summed E-state index contributed by atoms with van der Waals surface area (Å²) in [6.45, 7) is 3.56. The summed E-state index contributed by atoms with van der Waals surface area (Å²) in [5.74, 6) is -0.255. The van der Waals surface area contributed by atoms with Gasteiger partial charge in [0.15, 0.2) is 11.9 Å². The van der Waals surface area contributed by atoms with Crippen LogP contribution in [0.4, 0.5) is 0 Å². The number of hydrogen-bond acceptors (Lipinski definition) is 3. The van der Waals surface area contributed by atoms with E-state index in [1.54, 1.807) is 0 Å². The number of carbonyl (C=O) groups is 2. The fraction of sp³-hybridized carbons (Fsp3) is 0.800. The average Bonchev–Trinajstić information content (AvgIpc) is 2.44. The number of Topliss-reactive ketones (excluding diaryl/α,β-unsaturated/α-hetero) is 1. The molecule has 0 spiro atoms. The summed E-state index contributed by atoms with van der Waals surface area (Å²) in [7, 11) is 0. The first-order chi connectivity index (χ1) is 6.15. The highest BCUT2D eigenvalue weighted by Gasteiger charge is 2.35. The molecule has 2 atom stereocenters. The van der Waals surface area contributed by atoms with E-state index < -0.39 is 6.10 Å². The van der Waals surface area contributed by atoms with Crippen LogP contribution in [0.2, 0.25) is 0 Å². The smallest absolute Gasteiger partial charge is 0.309 e. The molecule has 1 rings (SSSR count). The molecule has 0 aromatic carbocycles. The summed E-state index contributed by atoms with van der Waals surface area (Å²) in [5, 5.41) is 0. The Labute approximate surface area is 78.5 Å². The Morgan fingerprint density at radius 1 is 1.62 bits per heavy atom. The van der Waals surface area contributed by atoms with E-state index in [0.717, 1.165) is 19.3 Å². The van der Waals surface area contributed by atoms with E-state index >= 15 is 0 Å². The van der Waals surface area contributed by atoms with Gasteiger partial charge in [0.1, 0.15) is 0 Å². The van der Waals surface area contributed by atoms with Crippen molar-refractivity contribution in [2.75, 3.05) is 0 Å². The molecule has 1 aliphatic rings. The highest BCUT2D eigenvalue weighted by Crippen LogP contribution is 2.26. The van der Waals surface area contributed by atoms with Gasteiger partial charge in [0, 0.05) is 6.42 Å². The van der Waals surface area contributed by atoms with Gasteiger partial charge in [-0.2, -0.15) is 0 Å². The van der Waals surface area contributed by atoms with Gasteiger partial charge in [0.25, 0.3) is 0 Å². The van der Waals surface area contributed by atoms with Gasteiger partial charge >= 0.3 is 5.97 Å². The number of hydrogen-bond donors (Lipinski definition) is 0. The maximum Gasteiger partial charge on any atom is 0.309 e. The van der Waals surface area contributed by atoms with Crippen LogP contribution in [0.25, 0.3) is 0 Å². The number of ether oxygens (including phenoxy) is 1. The Bertz CT molecular complexity index is 210. The number of ketones is 1. The molecule has 13 heavy (non-hydrogen) atoms. The van der Waals surface area contributed by atoms with Gasteiger partial charge in [-0.3, -0.25) is 9.59 Å². The summed E-state index contributed by atoms with van der Waals surface area (Å²) >= 11 is 0. The fourth-order valence-corrected chi connectivity index (χ4v) is 1.57. The third-order valence-electron chi connectivity index (χ3n) is 2.45. The zero-order chi connectivity index (χ0) is 9.84. The molecule has 0 saturated carbocycles. The molecule has 0 N–H and O–H groups in total. The molecule has 1 saturated heterocycles. The lowest BCUT2D eigenvalue weighted by Crippen LogP contribution is -2.16. The van der Waals surface area contributed by atoms with Crippen LogP contribution in [0.15, 0.2) is 0 Å². The predicted molar refractivity (Wildman–Crippen MR) is 48.2 cm³/mol. The molecular weight excluding hydrogens is 168 g/mol. The molecule has 0 radical (unpaired) electrons. The highest BCUT2D eigenvalue weighted by molar-refractivity contribution is 5.87. The van der Waals surface area contributed by atoms with Gasteiger partial charge < -0.3 is 4.74 Å². The van der Waals surface area contributed by atoms with E-state index in [4.69, 9.17) is 4.74 Å². The molecule has 3 nitrogen and oxygen atoms in total. The Morgan fingerprint density at radius 2 is 2.31 bits per heavy atom. The van der Waals surface area contributed by atoms with Crippen molar-refractivity contribution in [1.82, 2.24) is 0 Å². The minimum absolute atomic E-state index is 0.0335. The molecule has 1 aliphatic heterocycles. The van der Waals surface area contributed by atoms with E-state index in [-0.39, 0.29) is 17.7 Å². The fourth-order valence-electron chi connectivity index (χ4n) is 1.57. The van der Waals surface area contributed by atoms with Crippen molar-refractivity contribution in [1.29, 1.82) is 0 Å². The molecule has 3 heteroatoms. The number of carbonyl (C=O) groups excluding carboxylic acids is 2. The lowest BCUT2D eigenvalue weighted by molar-refractivity contribution is -0.148. The van der Waals surface area contributed by atoms with Crippen molar-refractivity contribution < 1.29 is 14.3 Å². The number of cyclic esters (lactones) is 1. The molecule has 1 heterocycles. The van der Waals surface area contributed by atoms with Crippen molar-refractivity contribution in [3.8, 4) is 0 Å². The van der Waals surface area contributed by atoms with Crippen molar-refractivity contribution in [3.63, 3.8) is 0 Å². The van der Waals surface area contributed by atoms with E-state index in [2.05, 4.69) is 6.92 Å². The minimum atomic E-state index is -0.464. The number of unbranched alkanes of at least 4 members (excludes halogenated alkanes) is 1. The highest BCUT2D eigenvalue weighted by atomic mass is 16.6. The van der Waals surface area contributed by atoms with Gasteiger partial charge in [-0.05, 0) is 13.3 Å². The van der Waals surface area contributed by atoms with Gasteiger partial charge in [0.2, 0.25) is 0 Å². The zero-order valence-corrected chi connectivity index (χ0v) is 8.21. The van der Waals surface area contributed by atoms with E-state index in [9.17, 15) is 9.59 Å². The summed E-state index contributed by atoms with van der Waals surface area (Å²) in [5.41, 5.74) is 0. The monoisotopic (exact) mass is 184 g/mol. The first-order valence-electron chi connectivity index (χ1n) is 4.86. The first-order valence-corrected chi connectivity index (χ1v) is 4.86. The number of rotatable bonds is 4. The normalized spacial score (nSPS) is 27.4. The third kappa shape index (κ3) is 2.54. The third-order valence-corrected chi connectivity index (χ3v) is 2.45. The maximum atomic E-state index is 11.2. The topological polar surface area (TPSA) is 43.4 Å². The van der Waals surface area contributed by atoms with Gasteiger partial charge in [0.05, 0.1) is 5.92 Å². The predicted octanol–water partition coefficient (Wildman–Crippen LogP) is 1.70. The zero-order valence-electron chi connectivity index (χ0n) is 8.21. The maximum absolute atomic E-state index is 11.2. The van der Waals surface area contributed by atoms with Gasteiger partial charge in [-0.15, -0.1) is 0 Å². The second kappa shape index (κ2) is 4.40. The van der Waals surface area contributed by atoms with Crippen molar-refractivity contribution in [2.24, 2.45) is 5.92 Å². The Kier molecular flexibility index (Phi) is 3.46. The van der Waals surface area contributed by atoms with Crippen LogP contribution in [0, 0.1) is 5.92 Å². The van der Waals surface area contributed by atoms with Gasteiger partial charge in [-0.1, -0.05) is 19.8 Å². The summed E-state index contributed by atoms with van der Waals surface area (Å²) in [6, 6.07) is 0.